The summed E-state index contributed by atoms with van der Waals surface area (Å²) in [5.74, 6) is 0.101. The van der Waals surface area contributed by atoms with Crippen LogP contribution in [0.3, 0.4) is 0 Å². The highest BCUT2D eigenvalue weighted by Gasteiger charge is 2.27. The fraction of sp³-hybridized carbons (Fsp3) is 0.733. The Bertz CT molecular complexity index is 486. The molecule has 1 aromatic rings. The van der Waals surface area contributed by atoms with Crippen molar-refractivity contribution in [1.29, 1.82) is 0 Å². The van der Waals surface area contributed by atoms with E-state index in [4.69, 9.17) is 0 Å². The van der Waals surface area contributed by atoms with Crippen LogP contribution in [0.1, 0.15) is 36.7 Å². The molecule has 0 saturated carbocycles. The van der Waals surface area contributed by atoms with Gasteiger partial charge in [-0.3, -0.25) is 9.48 Å². The minimum absolute atomic E-state index is 0.101. The van der Waals surface area contributed by atoms with Crippen LogP contribution in [0, 0.1) is 19.3 Å². The molecule has 20 heavy (non-hydrogen) atoms. The summed E-state index contributed by atoms with van der Waals surface area (Å²) in [7, 11) is 1.92. The molecule has 2 heterocycles. The fourth-order valence-electron chi connectivity index (χ4n) is 2.82. The molecule has 0 aliphatic carbocycles. The number of piperidine rings is 1. The lowest BCUT2D eigenvalue weighted by Crippen LogP contribution is -2.43. The molecular weight excluding hydrogens is 252 g/mol. The lowest BCUT2D eigenvalue weighted by molar-refractivity contribution is -0.121. The van der Waals surface area contributed by atoms with Gasteiger partial charge in [-0.2, -0.15) is 5.10 Å². The van der Waals surface area contributed by atoms with Gasteiger partial charge in [0.05, 0.1) is 12.1 Å². The smallest absolute Gasteiger partial charge is 0.224 e. The van der Waals surface area contributed by atoms with Crippen molar-refractivity contribution >= 4 is 5.91 Å². The number of hydrogen-bond acceptors (Lipinski definition) is 3. The van der Waals surface area contributed by atoms with Crippen molar-refractivity contribution < 1.29 is 4.79 Å². The number of aromatic nitrogens is 2. The van der Waals surface area contributed by atoms with Crippen molar-refractivity contribution in [3.63, 3.8) is 0 Å². The number of aryl methyl sites for hydroxylation is 2. The van der Waals surface area contributed by atoms with E-state index < -0.39 is 0 Å². The SMILES string of the molecule is Cc1nn(C)c(C)c1CC(=O)NCC1(C)CCNCC1. The van der Waals surface area contributed by atoms with Crippen molar-refractivity contribution in [3.8, 4) is 0 Å². The van der Waals surface area contributed by atoms with Crippen molar-refractivity contribution in [1.82, 2.24) is 20.4 Å². The van der Waals surface area contributed by atoms with Gasteiger partial charge >= 0.3 is 0 Å². The molecule has 0 spiro atoms. The molecule has 1 amide bonds. The van der Waals surface area contributed by atoms with Crippen molar-refractivity contribution in [2.24, 2.45) is 12.5 Å². The Balaban J connectivity index is 1.89. The maximum atomic E-state index is 12.1. The summed E-state index contributed by atoms with van der Waals surface area (Å²) in [5.41, 5.74) is 3.32. The van der Waals surface area contributed by atoms with Crippen LogP contribution in [0.5, 0.6) is 0 Å². The summed E-state index contributed by atoms with van der Waals surface area (Å²) in [6.45, 7) is 9.10. The van der Waals surface area contributed by atoms with Gasteiger partial charge in [-0.1, -0.05) is 6.92 Å². The van der Waals surface area contributed by atoms with E-state index in [2.05, 4.69) is 22.7 Å². The van der Waals surface area contributed by atoms with Crippen molar-refractivity contribution in [2.45, 2.75) is 40.0 Å². The molecule has 1 aromatic heterocycles. The van der Waals surface area contributed by atoms with E-state index in [1.807, 2.05) is 25.6 Å². The minimum Gasteiger partial charge on any atom is -0.355 e. The summed E-state index contributed by atoms with van der Waals surface area (Å²) in [6.07, 6.45) is 2.68. The predicted molar refractivity (Wildman–Crippen MR) is 79.6 cm³/mol. The van der Waals surface area contributed by atoms with Gasteiger partial charge in [-0.05, 0) is 45.2 Å². The number of carbonyl (C=O) groups is 1. The maximum absolute atomic E-state index is 12.1. The lowest BCUT2D eigenvalue weighted by Gasteiger charge is -2.34. The van der Waals surface area contributed by atoms with Gasteiger partial charge in [-0.15, -0.1) is 0 Å². The van der Waals surface area contributed by atoms with E-state index in [-0.39, 0.29) is 11.3 Å². The van der Waals surface area contributed by atoms with Crippen molar-refractivity contribution in [3.05, 3.63) is 17.0 Å². The molecule has 1 saturated heterocycles. The molecule has 2 rings (SSSR count). The van der Waals surface area contributed by atoms with Crippen LogP contribution < -0.4 is 10.6 Å². The van der Waals surface area contributed by atoms with Gasteiger partial charge in [0, 0.05) is 24.8 Å². The Morgan fingerprint density at radius 2 is 2.05 bits per heavy atom. The highest BCUT2D eigenvalue weighted by molar-refractivity contribution is 5.79. The minimum atomic E-state index is 0.101. The third kappa shape index (κ3) is 3.39. The van der Waals surface area contributed by atoms with Gasteiger partial charge in [0.1, 0.15) is 0 Å². The van der Waals surface area contributed by atoms with Gasteiger partial charge < -0.3 is 10.6 Å². The fourth-order valence-corrected chi connectivity index (χ4v) is 2.82. The molecule has 1 aliphatic heterocycles. The number of rotatable bonds is 4. The molecule has 0 unspecified atom stereocenters. The largest absolute Gasteiger partial charge is 0.355 e. The summed E-state index contributed by atoms with van der Waals surface area (Å²) < 4.78 is 1.84. The first-order valence-electron chi connectivity index (χ1n) is 7.38. The van der Waals surface area contributed by atoms with Crippen LogP contribution >= 0.6 is 0 Å². The van der Waals surface area contributed by atoms with E-state index in [9.17, 15) is 4.79 Å². The highest BCUT2D eigenvalue weighted by atomic mass is 16.1. The van der Waals surface area contributed by atoms with E-state index in [1.165, 1.54) is 0 Å². The van der Waals surface area contributed by atoms with E-state index in [1.54, 1.807) is 0 Å². The average molecular weight is 278 g/mol. The molecule has 1 aliphatic rings. The third-order valence-corrected chi connectivity index (χ3v) is 4.52. The first kappa shape index (κ1) is 15.0. The number of nitrogens with one attached hydrogen (secondary N) is 2. The Morgan fingerprint density at radius 1 is 1.40 bits per heavy atom. The van der Waals surface area contributed by atoms with Gasteiger partial charge in [0.25, 0.3) is 0 Å². The predicted octanol–water partition coefficient (Wildman–Crippen LogP) is 1.09. The zero-order valence-electron chi connectivity index (χ0n) is 13.0. The number of amides is 1. The summed E-state index contributed by atoms with van der Waals surface area (Å²) in [5, 5.41) is 10.8. The van der Waals surface area contributed by atoms with E-state index in [0.717, 1.165) is 49.4 Å². The third-order valence-electron chi connectivity index (χ3n) is 4.52. The van der Waals surface area contributed by atoms with Crippen molar-refractivity contribution in [2.75, 3.05) is 19.6 Å². The van der Waals surface area contributed by atoms with Crippen LogP contribution in [-0.4, -0.2) is 35.3 Å². The summed E-state index contributed by atoms with van der Waals surface area (Å²) in [6, 6.07) is 0. The molecule has 1 fully saturated rings. The van der Waals surface area contributed by atoms with E-state index in [0.29, 0.717) is 6.42 Å². The Hall–Kier alpha value is -1.36. The second kappa shape index (κ2) is 5.95. The number of carbonyl (C=O) groups excluding carboxylic acids is 1. The van der Waals surface area contributed by atoms with Crippen LogP contribution in [-0.2, 0) is 18.3 Å². The Kier molecular flexibility index (Phi) is 4.48. The van der Waals surface area contributed by atoms with Gasteiger partial charge in [0.15, 0.2) is 0 Å². The molecule has 0 atom stereocenters. The van der Waals surface area contributed by atoms with E-state index >= 15 is 0 Å². The summed E-state index contributed by atoms with van der Waals surface area (Å²) >= 11 is 0. The van der Waals surface area contributed by atoms with Crippen LogP contribution in [0.15, 0.2) is 0 Å². The molecule has 0 aromatic carbocycles. The first-order chi connectivity index (χ1) is 9.41. The normalized spacial score (nSPS) is 18.0. The topological polar surface area (TPSA) is 59.0 Å². The first-order valence-corrected chi connectivity index (χ1v) is 7.38. The second-order valence-electron chi connectivity index (χ2n) is 6.29. The maximum Gasteiger partial charge on any atom is 0.224 e. The zero-order chi connectivity index (χ0) is 14.8. The molecule has 5 heteroatoms. The second-order valence-corrected chi connectivity index (χ2v) is 6.29. The zero-order valence-corrected chi connectivity index (χ0v) is 13.0. The molecular formula is C15H26N4O. The summed E-state index contributed by atoms with van der Waals surface area (Å²) in [4.78, 5) is 12.1. The monoisotopic (exact) mass is 278 g/mol. The quantitative estimate of drug-likeness (QED) is 0.866. The molecule has 0 radical (unpaired) electrons. The molecule has 0 bridgehead atoms. The molecule has 2 N–H and O–H groups in total. The van der Waals surface area contributed by atoms with Gasteiger partial charge in [0.2, 0.25) is 5.91 Å². The molecule has 5 nitrogen and oxygen atoms in total. The number of hydrogen-bond donors (Lipinski definition) is 2. The number of nitrogens with zero attached hydrogens (tertiary/aromatic N) is 2. The average Bonchev–Trinajstić information content (AvgIpc) is 2.64. The van der Waals surface area contributed by atoms with Crippen LogP contribution in [0.2, 0.25) is 0 Å². The highest BCUT2D eigenvalue weighted by Crippen LogP contribution is 2.26. The van der Waals surface area contributed by atoms with Crippen LogP contribution in [0.25, 0.3) is 0 Å². The lowest BCUT2D eigenvalue weighted by atomic mass is 9.81. The Labute approximate surface area is 121 Å². The van der Waals surface area contributed by atoms with Crippen LogP contribution in [0.4, 0.5) is 0 Å². The standard InChI is InChI=1S/C15H26N4O/c1-11-13(12(2)19(4)18-11)9-14(20)17-10-15(3)5-7-16-8-6-15/h16H,5-10H2,1-4H3,(H,17,20). The van der Waals surface area contributed by atoms with Gasteiger partial charge in [-0.25, -0.2) is 0 Å². The molecule has 112 valence electrons. The Morgan fingerprint density at radius 3 is 2.60 bits per heavy atom.